The lowest BCUT2D eigenvalue weighted by Gasteiger charge is -2.09. The topological polar surface area (TPSA) is 9.23 Å². The van der Waals surface area contributed by atoms with Crippen molar-refractivity contribution >= 4 is 17.2 Å². The van der Waals surface area contributed by atoms with Crippen LogP contribution >= 0.6 is 11.6 Å². The summed E-state index contributed by atoms with van der Waals surface area (Å²) in [7, 11) is 0. The Balaban J connectivity index is 2.22. The maximum absolute atomic E-state index is 5.83. The standard InChI is InChI=1S/C16H15ClO/c1-11(2)16-9-8-15(10-12(16)3)18-14-6-4-13(17)5-7-14/h4-10H,1H2,2-3H3. The van der Waals surface area contributed by atoms with Gasteiger partial charge < -0.3 is 4.74 Å². The number of rotatable bonds is 3. The minimum absolute atomic E-state index is 0.705. The molecule has 0 amide bonds. The second-order valence-corrected chi connectivity index (χ2v) is 4.75. The van der Waals surface area contributed by atoms with Crippen molar-refractivity contribution in [2.24, 2.45) is 0 Å². The monoisotopic (exact) mass is 258 g/mol. The Labute approximate surface area is 113 Å². The molecule has 2 rings (SSSR count). The SMILES string of the molecule is C=C(C)c1ccc(Oc2ccc(Cl)cc2)cc1C. The Morgan fingerprint density at radius 2 is 1.67 bits per heavy atom. The Morgan fingerprint density at radius 1 is 1.06 bits per heavy atom. The van der Waals surface area contributed by atoms with Gasteiger partial charge in [0.2, 0.25) is 0 Å². The normalized spacial score (nSPS) is 10.2. The Bertz CT molecular complexity index is 570. The lowest BCUT2D eigenvalue weighted by atomic mass is 10.0. The van der Waals surface area contributed by atoms with E-state index < -0.39 is 0 Å². The van der Waals surface area contributed by atoms with Gasteiger partial charge in [-0.15, -0.1) is 0 Å². The number of ether oxygens (including phenoxy) is 1. The van der Waals surface area contributed by atoms with Crippen LogP contribution in [0.5, 0.6) is 11.5 Å². The molecule has 0 saturated carbocycles. The zero-order valence-electron chi connectivity index (χ0n) is 10.5. The summed E-state index contributed by atoms with van der Waals surface area (Å²) >= 11 is 5.83. The summed E-state index contributed by atoms with van der Waals surface area (Å²) in [6.07, 6.45) is 0. The van der Waals surface area contributed by atoms with Gasteiger partial charge in [0, 0.05) is 5.02 Å². The number of halogens is 1. The van der Waals surface area contributed by atoms with Crippen LogP contribution in [0.25, 0.3) is 5.57 Å². The second-order valence-electron chi connectivity index (χ2n) is 4.31. The molecule has 92 valence electrons. The molecule has 0 N–H and O–H groups in total. The quantitative estimate of drug-likeness (QED) is 0.709. The van der Waals surface area contributed by atoms with Crippen LogP contribution in [0.1, 0.15) is 18.1 Å². The van der Waals surface area contributed by atoms with E-state index in [0.29, 0.717) is 5.02 Å². The lowest BCUT2D eigenvalue weighted by molar-refractivity contribution is 0.482. The van der Waals surface area contributed by atoms with Crippen molar-refractivity contribution in [2.75, 3.05) is 0 Å². The molecule has 1 nitrogen and oxygen atoms in total. The molecule has 0 unspecified atom stereocenters. The maximum Gasteiger partial charge on any atom is 0.127 e. The molecule has 0 aliphatic carbocycles. The molecule has 0 aromatic heterocycles. The number of aryl methyl sites for hydroxylation is 1. The number of allylic oxidation sites excluding steroid dienone is 1. The number of hydrogen-bond donors (Lipinski definition) is 0. The molecule has 0 fully saturated rings. The molecule has 0 aliphatic heterocycles. The molecule has 0 aliphatic rings. The first-order chi connectivity index (χ1) is 8.56. The third-order valence-corrected chi connectivity index (χ3v) is 2.96. The maximum atomic E-state index is 5.83. The van der Waals surface area contributed by atoms with Gasteiger partial charge in [0.1, 0.15) is 11.5 Å². The van der Waals surface area contributed by atoms with Gasteiger partial charge in [-0.05, 0) is 61.4 Å². The highest BCUT2D eigenvalue weighted by Gasteiger charge is 2.02. The minimum Gasteiger partial charge on any atom is -0.457 e. The van der Waals surface area contributed by atoms with Gasteiger partial charge in [-0.3, -0.25) is 0 Å². The van der Waals surface area contributed by atoms with E-state index in [-0.39, 0.29) is 0 Å². The molecular weight excluding hydrogens is 244 g/mol. The molecule has 2 aromatic carbocycles. The molecule has 2 aromatic rings. The first-order valence-corrected chi connectivity index (χ1v) is 6.14. The highest BCUT2D eigenvalue weighted by atomic mass is 35.5. The second kappa shape index (κ2) is 5.28. The van der Waals surface area contributed by atoms with Crippen LogP contribution in [-0.2, 0) is 0 Å². The molecule has 0 radical (unpaired) electrons. The van der Waals surface area contributed by atoms with Crippen LogP contribution in [0.2, 0.25) is 5.02 Å². The van der Waals surface area contributed by atoms with E-state index in [9.17, 15) is 0 Å². The van der Waals surface area contributed by atoms with Gasteiger partial charge >= 0.3 is 0 Å². The van der Waals surface area contributed by atoms with Crippen molar-refractivity contribution in [1.82, 2.24) is 0 Å². The third kappa shape index (κ3) is 2.93. The summed E-state index contributed by atoms with van der Waals surface area (Å²) in [5.74, 6) is 1.60. The minimum atomic E-state index is 0.705. The van der Waals surface area contributed by atoms with Gasteiger partial charge in [0.05, 0.1) is 0 Å². The highest BCUT2D eigenvalue weighted by molar-refractivity contribution is 6.30. The van der Waals surface area contributed by atoms with Crippen LogP contribution < -0.4 is 4.74 Å². The molecule has 0 bridgehead atoms. The summed E-state index contributed by atoms with van der Waals surface area (Å²) < 4.78 is 5.76. The van der Waals surface area contributed by atoms with Crippen molar-refractivity contribution in [3.05, 3.63) is 65.2 Å². The van der Waals surface area contributed by atoms with Crippen molar-refractivity contribution in [3.8, 4) is 11.5 Å². The van der Waals surface area contributed by atoms with E-state index in [0.717, 1.165) is 22.6 Å². The first-order valence-electron chi connectivity index (χ1n) is 5.76. The Morgan fingerprint density at radius 3 is 2.22 bits per heavy atom. The smallest absolute Gasteiger partial charge is 0.127 e. The summed E-state index contributed by atoms with van der Waals surface area (Å²) in [6.45, 7) is 8.01. The van der Waals surface area contributed by atoms with Crippen LogP contribution in [-0.4, -0.2) is 0 Å². The Kier molecular flexibility index (Phi) is 3.73. The average molecular weight is 259 g/mol. The van der Waals surface area contributed by atoms with E-state index in [4.69, 9.17) is 16.3 Å². The zero-order valence-corrected chi connectivity index (χ0v) is 11.3. The number of benzene rings is 2. The van der Waals surface area contributed by atoms with Crippen molar-refractivity contribution in [1.29, 1.82) is 0 Å². The molecule has 0 heterocycles. The van der Waals surface area contributed by atoms with E-state index in [1.807, 2.05) is 49.4 Å². The van der Waals surface area contributed by atoms with Gasteiger partial charge in [0.15, 0.2) is 0 Å². The third-order valence-electron chi connectivity index (χ3n) is 2.71. The van der Waals surface area contributed by atoms with Crippen molar-refractivity contribution < 1.29 is 4.74 Å². The lowest BCUT2D eigenvalue weighted by Crippen LogP contribution is -1.88. The van der Waals surface area contributed by atoms with Crippen LogP contribution in [0.4, 0.5) is 0 Å². The van der Waals surface area contributed by atoms with Crippen LogP contribution in [0.3, 0.4) is 0 Å². The van der Waals surface area contributed by atoms with Gasteiger partial charge in [-0.2, -0.15) is 0 Å². The van der Waals surface area contributed by atoms with E-state index in [1.54, 1.807) is 0 Å². The number of hydrogen-bond acceptors (Lipinski definition) is 1. The molecular formula is C16H15ClO. The largest absolute Gasteiger partial charge is 0.457 e. The zero-order chi connectivity index (χ0) is 13.1. The van der Waals surface area contributed by atoms with Gasteiger partial charge in [0.25, 0.3) is 0 Å². The summed E-state index contributed by atoms with van der Waals surface area (Å²) in [5, 5.41) is 0.705. The van der Waals surface area contributed by atoms with Gasteiger partial charge in [-0.25, -0.2) is 0 Å². The summed E-state index contributed by atoms with van der Waals surface area (Å²) in [5.41, 5.74) is 3.39. The molecule has 0 saturated heterocycles. The summed E-state index contributed by atoms with van der Waals surface area (Å²) in [4.78, 5) is 0. The first kappa shape index (κ1) is 12.7. The van der Waals surface area contributed by atoms with E-state index in [1.165, 1.54) is 5.56 Å². The predicted molar refractivity (Wildman–Crippen MR) is 77.4 cm³/mol. The highest BCUT2D eigenvalue weighted by Crippen LogP contribution is 2.27. The molecule has 0 spiro atoms. The fourth-order valence-corrected chi connectivity index (χ4v) is 1.94. The molecule has 2 heteroatoms. The fraction of sp³-hybridized carbons (Fsp3) is 0.125. The van der Waals surface area contributed by atoms with Crippen LogP contribution in [0, 0.1) is 6.92 Å². The molecule has 18 heavy (non-hydrogen) atoms. The Hall–Kier alpha value is -1.73. The van der Waals surface area contributed by atoms with Crippen molar-refractivity contribution in [3.63, 3.8) is 0 Å². The summed E-state index contributed by atoms with van der Waals surface area (Å²) in [6, 6.07) is 13.3. The fourth-order valence-electron chi connectivity index (χ4n) is 1.82. The predicted octanol–water partition coefficient (Wildman–Crippen LogP) is 5.47. The van der Waals surface area contributed by atoms with Crippen LogP contribution in [0.15, 0.2) is 49.0 Å². The van der Waals surface area contributed by atoms with Gasteiger partial charge in [-0.1, -0.05) is 29.8 Å². The van der Waals surface area contributed by atoms with E-state index >= 15 is 0 Å². The van der Waals surface area contributed by atoms with Crippen molar-refractivity contribution in [2.45, 2.75) is 13.8 Å². The average Bonchev–Trinajstić information content (AvgIpc) is 2.32. The molecule has 0 atom stereocenters. The van der Waals surface area contributed by atoms with E-state index in [2.05, 4.69) is 13.5 Å².